The number of allylic oxidation sites excluding steroid dienone is 2. The number of amides is 1. The summed E-state index contributed by atoms with van der Waals surface area (Å²) in [5, 5.41) is 1.05. The summed E-state index contributed by atoms with van der Waals surface area (Å²) in [6, 6.07) is 16.0. The number of para-hydroxylation sites is 3. The molecule has 144 valence electrons. The Morgan fingerprint density at radius 1 is 1.03 bits per heavy atom. The van der Waals surface area contributed by atoms with E-state index < -0.39 is 0 Å². The summed E-state index contributed by atoms with van der Waals surface area (Å²) < 4.78 is 0. The summed E-state index contributed by atoms with van der Waals surface area (Å²) in [5.41, 5.74) is 3.58. The van der Waals surface area contributed by atoms with Crippen molar-refractivity contribution in [2.75, 3.05) is 10.7 Å². The molecule has 1 aliphatic carbocycles. The van der Waals surface area contributed by atoms with Gasteiger partial charge in [0.2, 0.25) is 5.91 Å². The van der Waals surface area contributed by atoms with E-state index in [4.69, 9.17) is 4.98 Å². The Balaban J connectivity index is 1.42. The fraction of sp³-hybridized carbons (Fsp3) is 0.174. The second-order valence-corrected chi connectivity index (χ2v) is 9.15. The van der Waals surface area contributed by atoms with Crippen LogP contribution in [0.2, 0.25) is 0 Å². The van der Waals surface area contributed by atoms with Crippen molar-refractivity contribution in [2.24, 2.45) is 0 Å². The molecule has 1 aromatic heterocycles. The van der Waals surface area contributed by atoms with Crippen LogP contribution in [0.1, 0.15) is 5.69 Å². The van der Waals surface area contributed by atoms with Crippen LogP contribution in [-0.4, -0.2) is 32.9 Å². The van der Waals surface area contributed by atoms with Gasteiger partial charge in [0.05, 0.1) is 39.5 Å². The van der Waals surface area contributed by atoms with Crippen molar-refractivity contribution in [1.29, 1.82) is 0 Å². The highest BCUT2D eigenvalue weighted by molar-refractivity contribution is 8.00. The first-order valence-electron chi connectivity index (χ1n) is 9.49. The molecule has 2 unspecified atom stereocenters. The second-order valence-electron chi connectivity index (χ2n) is 6.97. The molecule has 6 heteroatoms. The van der Waals surface area contributed by atoms with Gasteiger partial charge in [-0.2, -0.15) is 0 Å². The van der Waals surface area contributed by atoms with E-state index >= 15 is 0 Å². The predicted octanol–water partition coefficient (Wildman–Crippen LogP) is 5.03. The van der Waals surface area contributed by atoms with Crippen molar-refractivity contribution in [2.45, 2.75) is 28.1 Å². The molecule has 1 amide bonds. The molecule has 5 rings (SSSR count). The van der Waals surface area contributed by atoms with Gasteiger partial charge in [-0.1, -0.05) is 60.3 Å². The van der Waals surface area contributed by atoms with Crippen LogP contribution in [0.4, 0.5) is 5.69 Å². The van der Waals surface area contributed by atoms with Gasteiger partial charge in [-0.25, -0.2) is 9.97 Å². The van der Waals surface area contributed by atoms with Crippen molar-refractivity contribution in [1.82, 2.24) is 9.97 Å². The van der Waals surface area contributed by atoms with E-state index in [2.05, 4.69) is 29.3 Å². The first kappa shape index (κ1) is 18.5. The third-order valence-corrected chi connectivity index (χ3v) is 7.40. The molecule has 2 aromatic carbocycles. The zero-order valence-electron chi connectivity index (χ0n) is 15.9. The third kappa shape index (κ3) is 3.47. The zero-order valence-corrected chi connectivity index (χ0v) is 17.5. The van der Waals surface area contributed by atoms with E-state index in [1.807, 2.05) is 72.1 Å². The van der Waals surface area contributed by atoms with Gasteiger partial charge in [0.25, 0.3) is 0 Å². The minimum absolute atomic E-state index is 0.0387. The van der Waals surface area contributed by atoms with Crippen molar-refractivity contribution in [3.8, 4) is 0 Å². The lowest BCUT2D eigenvalue weighted by atomic mass is 10.0. The quantitative estimate of drug-likeness (QED) is 0.559. The summed E-state index contributed by atoms with van der Waals surface area (Å²) >= 11 is 3.28. The number of thioether (sulfide) groups is 2. The van der Waals surface area contributed by atoms with Crippen LogP contribution in [0.15, 0.2) is 82.8 Å². The van der Waals surface area contributed by atoms with Crippen LogP contribution in [-0.2, 0) is 4.79 Å². The van der Waals surface area contributed by atoms with E-state index in [9.17, 15) is 4.79 Å². The van der Waals surface area contributed by atoms with Gasteiger partial charge in [-0.15, -0.1) is 11.8 Å². The lowest BCUT2D eigenvalue weighted by Crippen LogP contribution is -2.48. The lowest BCUT2D eigenvalue weighted by molar-refractivity contribution is -0.116. The zero-order chi connectivity index (χ0) is 19.8. The van der Waals surface area contributed by atoms with Crippen molar-refractivity contribution in [3.05, 3.63) is 78.5 Å². The summed E-state index contributed by atoms with van der Waals surface area (Å²) in [6.07, 6.45) is 8.39. The van der Waals surface area contributed by atoms with Crippen LogP contribution < -0.4 is 4.90 Å². The maximum atomic E-state index is 13.4. The summed E-state index contributed by atoms with van der Waals surface area (Å²) in [6.45, 7) is 1.95. The summed E-state index contributed by atoms with van der Waals surface area (Å²) in [4.78, 5) is 25.8. The highest BCUT2D eigenvalue weighted by Gasteiger charge is 2.36. The number of nitrogens with zero attached hydrogens (tertiary/aromatic N) is 3. The Morgan fingerprint density at radius 3 is 2.62 bits per heavy atom. The van der Waals surface area contributed by atoms with E-state index in [-0.39, 0.29) is 17.2 Å². The number of rotatable bonds is 3. The molecule has 1 aliphatic heterocycles. The summed E-state index contributed by atoms with van der Waals surface area (Å²) in [7, 11) is 0. The van der Waals surface area contributed by atoms with Gasteiger partial charge in [0, 0.05) is 4.90 Å². The average molecular weight is 418 g/mol. The number of aryl methyl sites for hydroxylation is 1. The topological polar surface area (TPSA) is 46.1 Å². The average Bonchev–Trinajstić information content (AvgIpc) is 2.75. The van der Waals surface area contributed by atoms with Crippen LogP contribution in [0.25, 0.3) is 11.0 Å². The molecule has 0 N–H and O–H groups in total. The van der Waals surface area contributed by atoms with E-state index in [1.54, 1.807) is 0 Å². The molecule has 29 heavy (non-hydrogen) atoms. The van der Waals surface area contributed by atoms with Gasteiger partial charge in [0.1, 0.15) is 5.03 Å². The highest BCUT2D eigenvalue weighted by atomic mass is 32.2. The maximum Gasteiger partial charge on any atom is 0.238 e. The standard InChI is InChI=1S/C23H19N3OS2/c1-15-23(25-17-9-3-2-8-16(17)24-15)28-14-22(27)26-18-10-4-6-12-20(18)29-21-13-7-5-11-19(21)26/h2-13,18,20H,14H2,1H3. The number of fused-ring (bicyclic) bond motifs is 3. The molecule has 2 aliphatic rings. The number of anilines is 1. The van der Waals surface area contributed by atoms with Crippen LogP contribution in [0, 0.1) is 6.92 Å². The van der Waals surface area contributed by atoms with Gasteiger partial charge >= 0.3 is 0 Å². The largest absolute Gasteiger partial charge is 0.302 e. The molecule has 2 heterocycles. The smallest absolute Gasteiger partial charge is 0.238 e. The van der Waals surface area contributed by atoms with Crippen molar-refractivity contribution >= 4 is 46.2 Å². The first-order valence-corrected chi connectivity index (χ1v) is 11.4. The van der Waals surface area contributed by atoms with E-state index in [1.165, 1.54) is 11.8 Å². The van der Waals surface area contributed by atoms with Crippen molar-refractivity contribution in [3.63, 3.8) is 0 Å². The first-order chi connectivity index (χ1) is 14.2. The second kappa shape index (κ2) is 7.69. The predicted molar refractivity (Wildman–Crippen MR) is 121 cm³/mol. The van der Waals surface area contributed by atoms with Gasteiger partial charge in [-0.05, 0) is 31.2 Å². The SMILES string of the molecule is Cc1nc2ccccc2nc1SCC(=O)N1c2ccccc2SC2C=CC=CC21. The molecule has 0 saturated heterocycles. The lowest BCUT2D eigenvalue weighted by Gasteiger charge is -2.40. The fourth-order valence-corrected chi connectivity index (χ4v) is 5.76. The number of aromatic nitrogens is 2. The highest BCUT2D eigenvalue weighted by Crippen LogP contribution is 2.43. The molecule has 0 saturated carbocycles. The fourth-order valence-electron chi connectivity index (χ4n) is 3.69. The molecular weight excluding hydrogens is 398 g/mol. The third-order valence-electron chi connectivity index (χ3n) is 5.05. The Morgan fingerprint density at radius 2 is 1.76 bits per heavy atom. The van der Waals surface area contributed by atoms with Crippen LogP contribution in [0.3, 0.4) is 0 Å². The van der Waals surface area contributed by atoms with Gasteiger partial charge in [0.15, 0.2) is 0 Å². The molecule has 2 atom stereocenters. The minimum Gasteiger partial charge on any atom is -0.302 e. The number of hydrogen-bond acceptors (Lipinski definition) is 5. The molecule has 0 spiro atoms. The molecule has 0 radical (unpaired) electrons. The minimum atomic E-state index is 0.0387. The van der Waals surface area contributed by atoms with E-state index in [0.29, 0.717) is 5.75 Å². The number of hydrogen-bond donors (Lipinski definition) is 0. The molecule has 3 aromatic rings. The maximum absolute atomic E-state index is 13.4. The summed E-state index contributed by atoms with van der Waals surface area (Å²) in [5.74, 6) is 0.417. The van der Waals surface area contributed by atoms with E-state index in [0.717, 1.165) is 32.3 Å². The number of carbonyl (C=O) groups is 1. The number of benzene rings is 2. The van der Waals surface area contributed by atoms with Crippen molar-refractivity contribution < 1.29 is 4.79 Å². The molecular formula is C23H19N3OS2. The Kier molecular flexibility index (Phi) is 4.89. The monoisotopic (exact) mass is 417 g/mol. The Bertz CT molecular complexity index is 1160. The normalized spacial score (nSPS) is 19.8. The van der Waals surface area contributed by atoms with Crippen LogP contribution >= 0.6 is 23.5 Å². The Labute approximate surface area is 178 Å². The number of carbonyl (C=O) groups excluding carboxylic acids is 1. The molecule has 0 fully saturated rings. The Hall–Kier alpha value is -2.57. The van der Waals surface area contributed by atoms with Gasteiger partial charge in [-0.3, -0.25) is 4.79 Å². The van der Waals surface area contributed by atoms with Crippen LogP contribution in [0.5, 0.6) is 0 Å². The van der Waals surface area contributed by atoms with Gasteiger partial charge < -0.3 is 4.90 Å². The molecule has 0 bridgehead atoms. The molecule has 4 nitrogen and oxygen atoms in total.